The van der Waals surface area contributed by atoms with Gasteiger partial charge in [-0.15, -0.1) is 0 Å². The van der Waals surface area contributed by atoms with E-state index >= 15 is 0 Å². The van der Waals surface area contributed by atoms with Gasteiger partial charge in [-0.3, -0.25) is 0 Å². The molecular formula is C9H18O3. The first-order chi connectivity index (χ1) is 5.74. The van der Waals surface area contributed by atoms with Crippen molar-refractivity contribution in [2.24, 2.45) is 0 Å². The number of hydrogen-bond donors (Lipinski definition) is 0. The van der Waals surface area contributed by atoms with Crippen molar-refractivity contribution in [3.8, 4) is 0 Å². The number of hydrogen-bond acceptors (Lipinski definition) is 3. The van der Waals surface area contributed by atoms with Gasteiger partial charge in [-0.05, 0) is 6.92 Å². The molecule has 0 fully saturated rings. The predicted octanol–water partition coefficient (Wildman–Crippen LogP) is 1.94. The van der Waals surface area contributed by atoms with E-state index in [0.717, 1.165) is 6.42 Å². The summed E-state index contributed by atoms with van der Waals surface area (Å²) in [7, 11) is 1.62. The fourth-order valence-electron chi connectivity index (χ4n) is 0.957. The molecule has 72 valence electrons. The van der Waals surface area contributed by atoms with E-state index < -0.39 is 5.79 Å². The van der Waals surface area contributed by atoms with Crippen LogP contribution in [0, 0.1) is 0 Å². The summed E-state index contributed by atoms with van der Waals surface area (Å²) in [5.74, 6) is -0.608. The predicted molar refractivity (Wildman–Crippen MR) is 47.8 cm³/mol. The second-order valence-corrected chi connectivity index (χ2v) is 2.38. The molecule has 0 amide bonds. The van der Waals surface area contributed by atoms with Gasteiger partial charge in [-0.2, -0.15) is 0 Å². The summed E-state index contributed by atoms with van der Waals surface area (Å²) >= 11 is 0. The van der Waals surface area contributed by atoms with Gasteiger partial charge in [0.25, 0.3) is 0 Å². The number of rotatable bonds is 7. The van der Waals surface area contributed by atoms with Gasteiger partial charge in [-0.1, -0.05) is 13.5 Å². The Morgan fingerprint density at radius 2 is 2.08 bits per heavy atom. The first kappa shape index (κ1) is 11.5. The fraction of sp³-hybridized carbons (Fsp3) is 0.778. The van der Waals surface area contributed by atoms with Crippen LogP contribution in [0.4, 0.5) is 0 Å². The van der Waals surface area contributed by atoms with E-state index in [2.05, 4.69) is 6.58 Å². The minimum absolute atomic E-state index is 0.386. The third-order valence-corrected chi connectivity index (χ3v) is 1.74. The van der Waals surface area contributed by atoms with Crippen LogP contribution in [0.3, 0.4) is 0 Å². The largest absolute Gasteiger partial charge is 0.496 e. The zero-order chi connectivity index (χ0) is 9.45. The Labute approximate surface area is 74.3 Å². The molecule has 0 radical (unpaired) electrons. The van der Waals surface area contributed by atoms with Crippen molar-refractivity contribution in [2.75, 3.05) is 20.3 Å². The van der Waals surface area contributed by atoms with E-state index in [1.165, 1.54) is 6.26 Å². The van der Waals surface area contributed by atoms with Crippen molar-refractivity contribution in [2.45, 2.75) is 26.1 Å². The first-order valence-corrected chi connectivity index (χ1v) is 4.16. The molecule has 12 heavy (non-hydrogen) atoms. The van der Waals surface area contributed by atoms with Crippen LogP contribution in [-0.2, 0) is 14.2 Å². The number of methoxy groups -OCH3 is 1. The highest BCUT2D eigenvalue weighted by atomic mass is 16.7. The molecule has 0 aromatic rings. The third-order valence-electron chi connectivity index (χ3n) is 1.74. The van der Waals surface area contributed by atoms with Crippen LogP contribution in [0.2, 0.25) is 0 Å². The molecule has 0 saturated heterocycles. The molecule has 3 heteroatoms. The molecular weight excluding hydrogens is 156 g/mol. The SMILES string of the molecule is C=COCC(CC)(OC)OCC. The van der Waals surface area contributed by atoms with Gasteiger partial charge in [0.15, 0.2) is 0 Å². The normalized spacial score (nSPS) is 15.2. The Morgan fingerprint density at radius 3 is 2.42 bits per heavy atom. The first-order valence-electron chi connectivity index (χ1n) is 4.16. The van der Waals surface area contributed by atoms with Gasteiger partial charge in [0, 0.05) is 20.1 Å². The summed E-state index contributed by atoms with van der Waals surface area (Å²) in [6.07, 6.45) is 2.15. The number of ether oxygens (including phenoxy) is 3. The molecule has 3 nitrogen and oxygen atoms in total. The van der Waals surface area contributed by atoms with Gasteiger partial charge in [0.1, 0.15) is 6.61 Å². The second kappa shape index (κ2) is 6.03. The molecule has 0 aromatic heterocycles. The lowest BCUT2D eigenvalue weighted by molar-refractivity contribution is -0.241. The Kier molecular flexibility index (Phi) is 5.76. The van der Waals surface area contributed by atoms with Crippen molar-refractivity contribution < 1.29 is 14.2 Å². The van der Waals surface area contributed by atoms with Crippen molar-refractivity contribution in [1.29, 1.82) is 0 Å². The van der Waals surface area contributed by atoms with Crippen molar-refractivity contribution in [1.82, 2.24) is 0 Å². The second-order valence-electron chi connectivity index (χ2n) is 2.38. The maximum absolute atomic E-state index is 5.44. The summed E-state index contributed by atoms with van der Waals surface area (Å²) in [5, 5.41) is 0. The molecule has 0 aliphatic rings. The van der Waals surface area contributed by atoms with Crippen molar-refractivity contribution >= 4 is 0 Å². The maximum atomic E-state index is 5.44. The van der Waals surface area contributed by atoms with Gasteiger partial charge in [0.2, 0.25) is 5.79 Å². The Morgan fingerprint density at radius 1 is 1.42 bits per heavy atom. The maximum Gasteiger partial charge on any atom is 0.202 e. The van der Waals surface area contributed by atoms with Gasteiger partial charge in [-0.25, -0.2) is 0 Å². The van der Waals surface area contributed by atoms with Crippen LogP contribution in [-0.4, -0.2) is 26.1 Å². The van der Waals surface area contributed by atoms with Gasteiger partial charge >= 0.3 is 0 Å². The molecule has 0 spiro atoms. The molecule has 0 saturated carbocycles. The zero-order valence-corrected chi connectivity index (χ0v) is 8.13. The summed E-state index contributed by atoms with van der Waals surface area (Å²) in [6.45, 7) is 8.38. The fourth-order valence-corrected chi connectivity index (χ4v) is 0.957. The molecule has 0 heterocycles. The van der Waals surface area contributed by atoms with Crippen LogP contribution >= 0.6 is 0 Å². The van der Waals surface area contributed by atoms with Crippen LogP contribution < -0.4 is 0 Å². The standard InChI is InChI=1S/C9H18O3/c1-5-9(10-4,12-7-3)8-11-6-2/h6H,2,5,7-8H2,1,3-4H3. The van der Waals surface area contributed by atoms with Gasteiger partial charge < -0.3 is 14.2 Å². The van der Waals surface area contributed by atoms with E-state index in [4.69, 9.17) is 14.2 Å². The van der Waals surface area contributed by atoms with Crippen LogP contribution in [0.1, 0.15) is 20.3 Å². The summed E-state index contributed by atoms with van der Waals surface area (Å²) < 4.78 is 15.7. The molecule has 0 aromatic carbocycles. The lowest BCUT2D eigenvalue weighted by Crippen LogP contribution is -2.38. The van der Waals surface area contributed by atoms with E-state index in [9.17, 15) is 0 Å². The Hall–Kier alpha value is -0.540. The molecule has 0 aliphatic carbocycles. The minimum Gasteiger partial charge on any atom is -0.496 e. The summed E-state index contributed by atoms with van der Waals surface area (Å²) in [5.41, 5.74) is 0. The van der Waals surface area contributed by atoms with E-state index in [1.54, 1.807) is 7.11 Å². The monoisotopic (exact) mass is 174 g/mol. The molecule has 1 unspecified atom stereocenters. The molecule has 0 aliphatic heterocycles. The molecule has 0 N–H and O–H groups in total. The third kappa shape index (κ3) is 3.24. The Balaban J connectivity index is 4.03. The van der Waals surface area contributed by atoms with Crippen molar-refractivity contribution in [3.05, 3.63) is 12.8 Å². The summed E-state index contributed by atoms with van der Waals surface area (Å²) in [4.78, 5) is 0. The Bertz CT molecular complexity index is 119. The quantitative estimate of drug-likeness (QED) is 0.436. The van der Waals surface area contributed by atoms with E-state index in [-0.39, 0.29) is 0 Å². The van der Waals surface area contributed by atoms with E-state index in [0.29, 0.717) is 13.2 Å². The minimum atomic E-state index is -0.608. The molecule has 0 bridgehead atoms. The van der Waals surface area contributed by atoms with Crippen molar-refractivity contribution in [3.63, 3.8) is 0 Å². The van der Waals surface area contributed by atoms with E-state index in [1.807, 2.05) is 13.8 Å². The molecule has 0 rings (SSSR count). The molecule has 1 atom stereocenters. The zero-order valence-electron chi connectivity index (χ0n) is 8.13. The highest BCUT2D eigenvalue weighted by molar-refractivity contribution is 4.68. The smallest absolute Gasteiger partial charge is 0.202 e. The van der Waals surface area contributed by atoms with Crippen LogP contribution in [0.15, 0.2) is 12.8 Å². The summed E-state index contributed by atoms with van der Waals surface area (Å²) in [6, 6.07) is 0. The van der Waals surface area contributed by atoms with Crippen LogP contribution in [0.5, 0.6) is 0 Å². The lowest BCUT2D eigenvalue weighted by atomic mass is 10.2. The highest BCUT2D eigenvalue weighted by Gasteiger charge is 2.28. The average Bonchev–Trinajstić information content (AvgIpc) is 2.13. The van der Waals surface area contributed by atoms with Crippen LogP contribution in [0.25, 0.3) is 0 Å². The lowest BCUT2D eigenvalue weighted by Gasteiger charge is -2.29. The van der Waals surface area contributed by atoms with Gasteiger partial charge in [0.05, 0.1) is 6.26 Å². The highest BCUT2D eigenvalue weighted by Crippen LogP contribution is 2.17. The average molecular weight is 174 g/mol. The topological polar surface area (TPSA) is 27.7 Å².